The fourth-order valence-electron chi connectivity index (χ4n) is 2.21. The van der Waals surface area contributed by atoms with E-state index in [1.165, 1.54) is 6.33 Å². The molecule has 5 nitrogen and oxygen atoms in total. The summed E-state index contributed by atoms with van der Waals surface area (Å²) in [6, 6.07) is 12.7. The average molecular weight is 277 g/mol. The monoisotopic (exact) mass is 277 g/mol. The molecule has 1 aliphatic heterocycles. The number of nitrogens with zero attached hydrogens (tertiary/aromatic N) is 2. The van der Waals surface area contributed by atoms with Crippen molar-refractivity contribution < 1.29 is 9.59 Å². The van der Waals surface area contributed by atoms with Crippen LogP contribution in [-0.4, -0.2) is 21.8 Å². The van der Waals surface area contributed by atoms with Gasteiger partial charge in [0.05, 0.1) is 0 Å². The van der Waals surface area contributed by atoms with Crippen molar-refractivity contribution in [2.75, 3.05) is 0 Å². The molecule has 0 aliphatic carbocycles. The molecule has 4 rings (SSSR count). The minimum absolute atomic E-state index is 0.315. The van der Waals surface area contributed by atoms with Gasteiger partial charge in [0.1, 0.15) is 6.33 Å². The average Bonchev–Trinajstić information content (AvgIpc) is 2.55. The Labute approximate surface area is 120 Å². The molecule has 2 aromatic carbocycles. The third kappa shape index (κ3) is 2.49. The van der Waals surface area contributed by atoms with E-state index in [2.05, 4.69) is 15.3 Å². The zero-order chi connectivity index (χ0) is 14.7. The molecule has 2 heterocycles. The van der Waals surface area contributed by atoms with Gasteiger partial charge in [0, 0.05) is 28.9 Å². The summed E-state index contributed by atoms with van der Waals surface area (Å²) in [5, 5.41) is 4.00. The van der Waals surface area contributed by atoms with Crippen molar-refractivity contribution in [3.8, 4) is 0 Å². The molecule has 0 spiro atoms. The number of carbonyl (C=O) groups is 2. The zero-order valence-electron chi connectivity index (χ0n) is 11.0. The molecule has 0 fully saturated rings. The van der Waals surface area contributed by atoms with Crippen molar-refractivity contribution in [2.24, 2.45) is 0 Å². The molecule has 1 aromatic heterocycles. The van der Waals surface area contributed by atoms with Gasteiger partial charge in [-0.2, -0.15) is 0 Å². The first-order chi connectivity index (χ1) is 10.3. The molecule has 1 N–H and O–H groups in total. The van der Waals surface area contributed by atoms with Crippen molar-refractivity contribution in [1.29, 1.82) is 0 Å². The molecule has 0 saturated heterocycles. The number of hydrogen-bond donors (Lipinski definition) is 1. The third-order valence-electron chi connectivity index (χ3n) is 3.10. The van der Waals surface area contributed by atoms with Crippen LogP contribution in [0.15, 0.2) is 61.2 Å². The lowest BCUT2D eigenvalue weighted by atomic mass is 9.95. The SMILES string of the molecule is O=C1NC(=O)c2cccc3cccc1c23.c1cncnc1. The largest absolute Gasteiger partial charge is 0.288 e. The Bertz CT molecular complexity index is 741. The Balaban J connectivity index is 0.000000186. The molecule has 0 radical (unpaired) electrons. The highest BCUT2D eigenvalue weighted by Gasteiger charge is 2.23. The third-order valence-corrected chi connectivity index (χ3v) is 3.10. The quantitative estimate of drug-likeness (QED) is 0.639. The minimum atomic E-state index is -0.315. The van der Waals surface area contributed by atoms with Gasteiger partial charge in [0.2, 0.25) is 0 Å². The maximum Gasteiger partial charge on any atom is 0.258 e. The molecule has 0 unspecified atom stereocenters. The van der Waals surface area contributed by atoms with Gasteiger partial charge in [0.25, 0.3) is 11.8 Å². The smallest absolute Gasteiger partial charge is 0.258 e. The maximum absolute atomic E-state index is 11.6. The Morgan fingerprint density at radius 3 is 1.76 bits per heavy atom. The summed E-state index contributed by atoms with van der Waals surface area (Å²) in [6.07, 6.45) is 4.88. The Hall–Kier alpha value is -3.08. The van der Waals surface area contributed by atoms with E-state index in [0.29, 0.717) is 11.1 Å². The summed E-state index contributed by atoms with van der Waals surface area (Å²) in [4.78, 5) is 30.4. The number of benzene rings is 2. The van der Waals surface area contributed by atoms with Crippen molar-refractivity contribution in [3.05, 3.63) is 72.3 Å². The highest BCUT2D eigenvalue weighted by molar-refractivity contribution is 6.25. The van der Waals surface area contributed by atoms with Gasteiger partial charge in [-0.1, -0.05) is 24.3 Å². The van der Waals surface area contributed by atoms with Crippen molar-refractivity contribution in [2.45, 2.75) is 0 Å². The number of nitrogens with one attached hydrogen (secondary N) is 1. The Kier molecular flexibility index (Phi) is 3.39. The van der Waals surface area contributed by atoms with Crippen LogP contribution < -0.4 is 5.32 Å². The van der Waals surface area contributed by atoms with Crippen LogP contribution in [0.5, 0.6) is 0 Å². The standard InChI is InChI=1S/C12H7NO2.C4H4N2/c14-11-8-5-1-3-7-4-2-6-9(10(7)8)12(15)13-11;1-2-5-4-6-3-1/h1-6H,(H,13,14,15);1-4H. The second kappa shape index (κ2) is 5.50. The molecule has 21 heavy (non-hydrogen) atoms. The Morgan fingerprint density at radius 2 is 1.33 bits per heavy atom. The van der Waals surface area contributed by atoms with Gasteiger partial charge in [-0.25, -0.2) is 9.97 Å². The first-order valence-corrected chi connectivity index (χ1v) is 6.35. The van der Waals surface area contributed by atoms with Crippen molar-refractivity contribution >= 4 is 22.6 Å². The van der Waals surface area contributed by atoms with Crippen LogP contribution >= 0.6 is 0 Å². The molecule has 102 valence electrons. The van der Waals surface area contributed by atoms with Crippen LogP contribution in [0.25, 0.3) is 10.8 Å². The van der Waals surface area contributed by atoms with Crippen LogP contribution in [0.1, 0.15) is 20.7 Å². The first-order valence-electron chi connectivity index (χ1n) is 6.35. The first kappa shape index (κ1) is 12.9. The van der Waals surface area contributed by atoms with Crippen molar-refractivity contribution in [1.82, 2.24) is 15.3 Å². The highest BCUT2D eigenvalue weighted by Crippen LogP contribution is 2.25. The minimum Gasteiger partial charge on any atom is -0.288 e. The fourth-order valence-corrected chi connectivity index (χ4v) is 2.21. The van der Waals surface area contributed by atoms with Gasteiger partial charge in [-0.3, -0.25) is 14.9 Å². The van der Waals surface area contributed by atoms with Gasteiger partial charge < -0.3 is 0 Å². The molecule has 2 amide bonds. The summed E-state index contributed by atoms with van der Waals surface area (Å²) in [7, 11) is 0. The summed E-state index contributed by atoms with van der Waals surface area (Å²) in [6.45, 7) is 0. The van der Waals surface area contributed by atoms with E-state index < -0.39 is 0 Å². The second-order valence-electron chi connectivity index (χ2n) is 4.40. The van der Waals surface area contributed by atoms with E-state index in [-0.39, 0.29) is 11.8 Å². The fraction of sp³-hybridized carbons (Fsp3) is 0. The van der Waals surface area contributed by atoms with Crippen LogP contribution in [0.3, 0.4) is 0 Å². The molecule has 1 aliphatic rings. The number of rotatable bonds is 0. The molecule has 0 bridgehead atoms. The lowest BCUT2D eigenvalue weighted by Gasteiger charge is -2.15. The van der Waals surface area contributed by atoms with Crippen LogP contribution in [0, 0.1) is 0 Å². The van der Waals surface area contributed by atoms with Gasteiger partial charge in [-0.05, 0) is 23.6 Å². The molecule has 0 atom stereocenters. The second-order valence-corrected chi connectivity index (χ2v) is 4.40. The molecule has 5 heteroatoms. The van der Waals surface area contributed by atoms with Crippen LogP contribution in [0.4, 0.5) is 0 Å². The lowest BCUT2D eigenvalue weighted by Crippen LogP contribution is -2.34. The number of imide groups is 1. The Morgan fingerprint density at radius 1 is 0.762 bits per heavy atom. The lowest BCUT2D eigenvalue weighted by molar-refractivity contribution is 0.0845. The zero-order valence-corrected chi connectivity index (χ0v) is 11.0. The number of hydrogen-bond acceptors (Lipinski definition) is 4. The van der Waals surface area contributed by atoms with E-state index in [9.17, 15) is 9.59 Å². The molecular weight excluding hydrogens is 266 g/mol. The highest BCUT2D eigenvalue weighted by atomic mass is 16.2. The van der Waals surface area contributed by atoms with E-state index in [0.717, 1.165) is 10.8 Å². The molecule has 3 aromatic rings. The maximum atomic E-state index is 11.6. The predicted molar refractivity (Wildman–Crippen MR) is 77.8 cm³/mol. The summed E-state index contributed by atoms with van der Waals surface area (Å²) < 4.78 is 0. The van der Waals surface area contributed by atoms with E-state index in [4.69, 9.17) is 0 Å². The summed E-state index contributed by atoms with van der Waals surface area (Å²) in [5.74, 6) is -0.631. The normalized spacial score (nSPS) is 12.4. The van der Waals surface area contributed by atoms with E-state index in [1.54, 1.807) is 30.6 Å². The molecular formula is C16H11N3O2. The summed E-state index contributed by atoms with van der Waals surface area (Å²) >= 11 is 0. The summed E-state index contributed by atoms with van der Waals surface area (Å²) in [5.41, 5.74) is 1.14. The number of aromatic nitrogens is 2. The van der Waals surface area contributed by atoms with Crippen molar-refractivity contribution in [3.63, 3.8) is 0 Å². The topological polar surface area (TPSA) is 72.0 Å². The predicted octanol–water partition coefficient (Wildman–Crippen LogP) is 2.20. The number of carbonyl (C=O) groups excluding carboxylic acids is 2. The van der Waals surface area contributed by atoms with Crippen LogP contribution in [-0.2, 0) is 0 Å². The van der Waals surface area contributed by atoms with Gasteiger partial charge >= 0.3 is 0 Å². The van der Waals surface area contributed by atoms with E-state index >= 15 is 0 Å². The van der Waals surface area contributed by atoms with Gasteiger partial charge in [-0.15, -0.1) is 0 Å². The van der Waals surface area contributed by atoms with Crippen LogP contribution in [0.2, 0.25) is 0 Å². The molecule has 0 saturated carbocycles. The van der Waals surface area contributed by atoms with Gasteiger partial charge in [0.15, 0.2) is 0 Å². The van der Waals surface area contributed by atoms with E-state index in [1.807, 2.05) is 24.3 Å². The number of amides is 2.